The summed E-state index contributed by atoms with van der Waals surface area (Å²) in [4.78, 5) is 0. The Hall–Kier alpha value is -0.660. The fourth-order valence-electron chi connectivity index (χ4n) is 6.36. The third-order valence-corrected chi connectivity index (χ3v) is 12.6. The van der Waals surface area contributed by atoms with E-state index in [0.717, 1.165) is 12.8 Å². The highest BCUT2D eigenvalue weighted by Crippen LogP contribution is 2.50. The number of hydrogen-bond donors (Lipinski definition) is 0. The minimum Gasteiger partial charge on any atom is -0.379 e. The number of ether oxygens (including phenoxy) is 4. The Bertz CT molecular complexity index is 901. The van der Waals surface area contributed by atoms with E-state index in [-0.39, 0.29) is 38.4 Å². The van der Waals surface area contributed by atoms with Gasteiger partial charge >= 0.3 is 6.72 Å². The molecule has 0 aromatic rings. The lowest BCUT2D eigenvalue weighted by molar-refractivity contribution is -0.0319. The smallest absolute Gasteiger partial charge is 0.327 e. The van der Waals surface area contributed by atoms with Crippen molar-refractivity contribution in [3.63, 3.8) is 0 Å². The van der Waals surface area contributed by atoms with Gasteiger partial charge in [0.05, 0.1) is 45.5 Å². The van der Waals surface area contributed by atoms with Crippen LogP contribution in [0.1, 0.15) is 200 Å². The van der Waals surface area contributed by atoms with Crippen LogP contribution in [0.4, 0.5) is 0 Å². The Kier molecular flexibility index (Phi) is 45.9. The van der Waals surface area contributed by atoms with Gasteiger partial charge in [-0.1, -0.05) is 154 Å². The van der Waals surface area contributed by atoms with E-state index in [9.17, 15) is 0 Å². The van der Waals surface area contributed by atoms with Crippen LogP contribution in [-0.4, -0.2) is 72.7 Å². The third kappa shape index (κ3) is 41.8. The Morgan fingerprint density at radius 3 is 1.12 bits per heavy atom. The van der Waals surface area contributed by atoms with Crippen LogP contribution in [0.3, 0.4) is 0 Å². The number of unbranched alkanes of at least 4 members (excludes halogenated alkanes) is 24. The second-order valence-electron chi connectivity index (χ2n) is 15.5. The van der Waals surface area contributed by atoms with Crippen molar-refractivity contribution < 1.29 is 32.5 Å². The molecule has 336 valence electrons. The third-order valence-electron chi connectivity index (χ3n) is 10.2. The number of nitrogens with zero attached hydrogens (tertiary/aromatic N) is 1. The number of methoxy groups -OCH3 is 2. The van der Waals surface area contributed by atoms with Crippen LogP contribution in [0.15, 0.2) is 24.3 Å². The van der Waals surface area contributed by atoms with Crippen LogP contribution >= 0.6 is 6.72 Å². The van der Waals surface area contributed by atoms with E-state index in [0.29, 0.717) is 26.4 Å². The highest BCUT2D eigenvalue weighted by molar-refractivity contribution is 8.07. The molecular weight excluding hydrogens is 754 g/mol. The maximum Gasteiger partial charge on any atom is 0.327 e. The first-order chi connectivity index (χ1) is 28.0. The van der Waals surface area contributed by atoms with Crippen LogP contribution in [0.5, 0.6) is 0 Å². The van der Waals surface area contributed by atoms with Crippen LogP contribution in [0.2, 0.25) is 0 Å². The summed E-state index contributed by atoms with van der Waals surface area (Å²) in [5, 5.41) is 9.02. The summed E-state index contributed by atoms with van der Waals surface area (Å²) >= 11 is 5.70. The average molecular weight is 844 g/mol. The van der Waals surface area contributed by atoms with Gasteiger partial charge in [-0.3, -0.25) is 0 Å². The molecule has 0 rings (SSSR count). The average Bonchev–Trinajstić information content (AvgIpc) is 3.22. The minimum atomic E-state index is -3.14. The van der Waals surface area contributed by atoms with E-state index >= 15 is 0 Å². The molecule has 0 saturated heterocycles. The van der Waals surface area contributed by atoms with Crippen molar-refractivity contribution in [1.29, 1.82) is 5.26 Å². The van der Waals surface area contributed by atoms with Crippen LogP contribution in [0, 0.1) is 11.3 Å². The molecule has 2 unspecified atom stereocenters. The predicted molar refractivity (Wildman–Crippen MR) is 245 cm³/mol. The molecule has 0 aliphatic rings. The maximum absolute atomic E-state index is 9.02. The molecule has 0 heterocycles. The van der Waals surface area contributed by atoms with Crippen molar-refractivity contribution in [2.75, 3.05) is 60.5 Å². The van der Waals surface area contributed by atoms with E-state index < -0.39 is 6.72 Å². The molecule has 0 aromatic carbocycles. The van der Waals surface area contributed by atoms with Gasteiger partial charge in [0.1, 0.15) is 12.2 Å². The summed E-state index contributed by atoms with van der Waals surface area (Å²) in [5.74, 6) is 0. The number of nitriles is 1. The molecule has 0 bridgehead atoms. The molecule has 8 nitrogen and oxygen atoms in total. The summed E-state index contributed by atoms with van der Waals surface area (Å²) in [5.41, 5.74) is 0. The molecule has 0 spiro atoms. The predicted octanol–water partition coefficient (Wildman–Crippen LogP) is 14.3. The van der Waals surface area contributed by atoms with E-state index in [1.807, 2.05) is 0 Å². The van der Waals surface area contributed by atoms with Gasteiger partial charge in [-0.25, -0.2) is 0 Å². The Balaban J connectivity index is 4.07. The van der Waals surface area contributed by atoms with Gasteiger partial charge in [0, 0.05) is 27.4 Å². The maximum atomic E-state index is 9.02. The highest BCUT2D eigenvalue weighted by Gasteiger charge is 2.25. The largest absolute Gasteiger partial charge is 0.379 e. The van der Waals surface area contributed by atoms with Crippen LogP contribution in [-0.2, 0) is 44.3 Å². The lowest BCUT2D eigenvalue weighted by Crippen LogP contribution is -2.26. The number of allylic oxidation sites excluding steroid dienone is 4. The zero-order valence-electron chi connectivity index (χ0n) is 37.6. The molecule has 57 heavy (non-hydrogen) atoms. The van der Waals surface area contributed by atoms with Crippen molar-refractivity contribution in [1.82, 2.24) is 0 Å². The summed E-state index contributed by atoms with van der Waals surface area (Å²) in [7, 11) is 3.27. The molecule has 0 fully saturated rings. The van der Waals surface area contributed by atoms with Crippen molar-refractivity contribution >= 4 is 18.5 Å². The molecule has 0 amide bonds. The quantitative estimate of drug-likeness (QED) is 0.0337. The lowest BCUT2D eigenvalue weighted by atomic mass is 10.1. The molecule has 0 aliphatic carbocycles. The molecule has 2 atom stereocenters. The molecule has 0 aromatic heterocycles. The Morgan fingerprint density at radius 2 is 0.789 bits per heavy atom. The molecule has 0 aliphatic heterocycles. The fraction of sp³-hybridized carbons (Fsp3) is 0.894. The Labute approximate surface area is 358 Å². The Morgan fingerprint density at radius 1 is 0.456 bits per heavy atom. The van der Waals surface area contributed by atoms with Crippen molar-refractivity contribution in [3.8, 4) is 6.07 Å². The van der Waals surface area contributed by atoms with E-state index in [4.69, 9.17) is 49.6 Å². The van der Waals surface area contributed by atoms with Crippen molar-refractivity contribution in [3.05, 3.63) is 24.3 Å². The van der Waals surface area contributed by atoms with Gasteiger partial charge < -0.3 is 32.5 Å². The first-order valence-electron chi connectivity index (χ1n) is 23.5. The normalized spacial score (nSPS) is 14.1. The zero-order chi connectivity index (χ0) is 41.6. The van der Waals surface area contributed by atoms with E-state index in [2.05, 4.69) is 44.2 Å². The molecular formula is C47H90NO7PS. The lowest BCUT2D eigenvalue weighted by Gasteiger charge is -2.26. The monoisotopic (exact) mass is 844 g/mol. The summed E-state index contributed by atoms with van der Waals surface area (Å²) in [6.07, 6.45) is 45.1. The second kappa shape index (κ2) is 46.4. The van der Waals surface area contributed by atoms with Gasteiger partial charge in [-0.2, -0.15) is 5.26 Å². The molecule has 0 N–H and O–H groups in total. The summed E-state index contributed by atoms with van der Waals surface area (Å²) in [6.45, 7) is 4.10. The van der Waals surface area contributed by atoms with Gasteiger partial charge in [-0.15, -0.1) is 0 Å². The molecule has 10 heteroatoms. The van der Waals surface area contributed by atoms with Crippen molar-refractivity contribution in [2.24, 2.45) is 0 Å². The molecule has 0 saturated carbocycles. The fourth-order valence-corrected chi connectivity index (χ4v) is 8.19. The number of rotatable bonds is 47. The van der Waals surface area contributed by atoms with E-state index in [1.54, 1.807) is 14.2 Å². The molecule has 0 radical (unpaired) electrons. The highest BCUT2D eigenvalue weighted by atomic mass is 32.5. The zero-order valence-corrected chi connectivity index (χ0v) is 39.3. The second-order valence-corrected chi connectivity index (χ2v) is 18.5. The van der Waals surface area contributed by atoms with Crippen LogP contribution < -0.4 is 0 Å². The first-order valence-corrected chi connectivity index (χ1v) is 26.0. The van der Waals surface area contributed by atoms with Crippen molar-refractivity contribution in [2.45, 2.75) is 212 Å². The standard InChI is InChI=1S/C47H90NO7PS/c1-5-7-9-11-13-15-17-19-21-23-25-27-29-31-33-35-39-51-42-46(49-3)44-54-56(57,53-41-37-38-48)55-45-47(50-4)43-52-40-36-34-32-30-28-26-24-22-20-18-16-14-12-10-8-6-2/h19-22,46-47H,5-18,23-37,39-45H2,1-4H3. The summed E-state index contributed by atoms with van der Waals surface area (Å²) in [6, 6.07) is 2.08. The van der Waals surface area contributed by atoms with Gasteiger partial charge in [0.25, 0.3) is 0 Å². The minimum absolute atomic E-state index is 0.141. The van der Waals surface area contributed by atoms with Gasteiger partial charge in [0.15, 0.2) is 0 Å². The SMILES string of the molecule is CCCCCCCCC=CCCCCCCCCOCC(COP(=S)(OCCC#N)OCC(COCCCCCCCCC=CCCCCCCCC)OC)OC. The summed E-state index contributed by atoms with van der Waals surface area (Å²) < 4.78 is 40.9. The van der Waals surface area contributed by atoms with Gasteiger partial charge in [-0.05, 0) is 76.0 Å². The van der Waals surface area contributed by atoms with E-state index in [1.165, 1.54) is 167 Å². The first kappa shape index (κ1) is 56.3. The van der Waals surface area contributed by atoms with Crippen LogP contribution in [0.25, 0.3) is 0 Å². The van der Waals surface area contributed by atoms with Gasteiger partial charge in [0.2, 0.25) is 0 Å². The topological polar surface area (TPSA) is 88.4 Å². The number of hydrogen-bond acceptors (Lipinski definition) is 9.